The predicted molar refractivity (Wildman–Crippen MR) is 72.2 cm³/mol. The minimum absolute atomic E-state index is 0.306. The maximum atomic E-state index is 12.0. The number of likely N-dealkylation sites (tertiary alicyclic amines) is 1. The molecular weight excluding hydrogens is 242 g/mol. The molecule has 104 valence electrons. The van der Waals surface area contributed by atoms with Crippen LogP contribution in [0.3, 0.4) is 0 Å². The first-order chi connectivity index (χ1) is 8.82. The molecule has 0 spiro atoms. The monoisotopic (exact) mass is 263 g/mol. The molecule has 1 heterocycles. The summed E-state index contributed by atoms with van der Waals surface area (Å²) in [4.78, 5) is 13.6. The Bertz CT molecular complexity index is 414. The number of hydrogen-bond acceptors (Lipinski definition) is 4. The Hall–Kier alpha value is -1.72. The predicted octanol–water partition coefficient (Wildman–Crippen LogP) is 1.50. The number of amides is 1. The Morgan fingerprint density at radius 3 is 2.79 bits per heavy atom. The summed E-state index contributed by atoms with van der Waals surface area (Å²) in [5, 5.41) is 12.4. The summed E-state index contributed by atoms with van der Waals surface area (Å²) in [5.74, 6) is 2.46. The van der Waals surface area contributed by atoms with Gasteiger partial charge >= 0.3 is 6.09 Å². The number of nitriles is 1. The maximum Gasteiger partial charge on any atom is 0.410 e. The van der Waals surface area contributed by atoms with Crippen molar-refractivity contribution in [3.8, 4) is 18.4 Å². The van der Waals surface area contributed by atoms with E-state index in [9.17, 15) is 10.1 Å². The van der Waals surface area contributed by atoms with Crippen LogP contribution < -0.4 is 5.32 Å². The van der Waals surface area contributed by atoms with E-state index in [0.717, 1.165) is 6.42 Å². The number of terminal acetylenes is 1. The quantitative estimate of drug-likeness (QED) is 0.767. The highest BCUT2D eigenvalue weighted by Gasteiger charge is 2.38. The zero-order valence-electron chi connectivity index (χ0n) is 11.8. The van der Waals surface area contributed by atoms with Crippen molar-refractivity contribution in [1.82, 2.24) is 10.2 Å². The van der Waals surface area contributed by atoms with Crippen LogP contribution in [0.5, 0.6) is 0 Å². The number of hydrogen-bond donors (Lipinski definition) is 1. The molecule has 1 N–H and O–H groups in total. The third kappa shape index (κ3) is 4.46. The molecule has 0 aliphatic carbocycles. The molecule has 0 saturated carbocycles. The minimum atomic E-state index is -0.762. The van der Waals surface area contributed by atoms with E-state index in [1.54, 1.807) is 4.90 Å². The zero-order chi connectivity index (χ0) is 14.5. The lowest BCUT2D eigenvalue weighted by Crippen LogP contribution is -2.58. The molecule has 1 amide bonds. The van der Waals surface area contributed by atoms with Crippen LogP contribution in [0.25, 0.3) is 0 Å². The largest absolute Gasteiger partial charge is 0.444 e. The van der Waals surface area contributed by atoms with Gasteiger partial charge in [-0.2, -0.15) is 5.26 Å². The fourth-order valence-electron chi connectivity index (χ4n) is 2.03. The lowest BCUT2D eigenvalue weighted by molar-refractivity contribution is 0.0153. The van der Waals surface area contributed by atoms with Crippen LogP contribution in [0.2, 0.25) is 0 Å². The van der Waals surface area contributed by atoms with Crippen LogP contribution in [0.1, 0.15) is 33.6 Å². The van der Waals surface area contributed by atoms with Gasteiger partial charge in [-0.15, -0.1) is 6.42 Å². The average Bonchev–Trinajstić information content (AvgIpc) is 2.34. The number of nitrogens with one attached hydrogen (secondary N) is 1. The third-order valence-corrected chi connectivity index (χ3v) is 2.89. The number of carbonyl (C=O) groups excluding carboxylic acids is 1. The molecule has 19 heavy (non-hydrogen) atoms. The van der Waals surface area contributed by atoms with E-state index >= 15 is 0 Å². The molecule has 1 unspecified atom stereocenters. The van der Waals surface area contributed by atoms with E-state index in [2.05, 4.69) is 17.3 Å². The zero-order valence-corrected chi connectivity index (χ0v) is 11.8. The van der Waals surface area contributed by atoms with E-state index < -0.39 is 11.1 Å². The Balaban J connectivity index is 2.71. The molecule has 0 aromatic carbocycles. The van der Waals surface area contributed by atoms with Gasteiger partial charge < -0.3 is 9.64 Å². The van der Waals surface area contributed by atoms with Gasteiger partial charge in [0.15, 0.2) is 0 Å². The van der Waals surface area contributed by atoms with Crippen LogP contribution >= 0.6 is 0 Å². The molecule has 0 bridgehead atoms. The molecule has 1 atom stereocenters. The number of carbonyl (C=O) groups is 1. The van der Waals surface area contributed by atoms with E-state index in [1.165, 1.54) is 0 Å². The Kier molecular flexibility index (Phi) is 4.80. The van der Waals surface area contributed by atoms with Crippen molar-refractivity contribution >= 4 is 6.09 Å². The van der Waals surface area contributed by atoms with Gasteiger partial charge in [-0.25, -0.2) is 4.79 Å². The summed E-state index contributed by atoms with van der Waals surface area (Å²) in [5.41, 5.74) is -1.29. The van der Waals surface area contributed by atoms with Gasteiger partial charge in [0.2, 0.25) is 0 Å². The number of nitrogens with zero attached hydrogens (tertiary/aromatic N) is 2. The van der Waals surface area contributed by atoms with Crippen LogP contribution in [-0.4, -0.2) is 41.8 Å². The molecule has 0 aromatic rings. The van der Waals surface area contributed by atoms with Gasteiger partial charge in [0.05, 0.1) is 19.2 Å². The van der Waals surface area contributed by atoms with Crippen LogP contribution in [-0.2, 0) is 4.74 Å². The SMILES string of the molecule is C#CCNC1(C#N)CCCN(C(=O)OC(C)(C)C)C1. The molecule has 5 heteroatoms. The summed E-state index contributed by atoms with van der Waals surface area (Å²) >= 11 is 0. The molecule has 1 fully saturated rings. The van der Waals surface area contributed by atoms with Crippen molar-refractivity contribution in [3.63, 3.8) is 0 Å². The molecule has 0 radical (unpaired) electrons. The lowest BCUT2D eigenvalue weighted by atomic mass is 9.90. The fourth-order valence-corrected chi connectivity index (χ4v) is 2.03. The molecule has 0 aromatic heterocycles. The molecule has 5 nitrogen and oxygen atoms in total. The Morgan fingerprint density at radius 2 is 2.26 bits per heavy atom. The van der Waals surface area contributed by atoms with E-state index in [4.69, 9.17) is 11.2 Å². The third-order valence-electron chi connectivity index (χ3n) is 2.89. The Labute approximate surface area is 114 Å². The highest BCUT2D eigenvalue weighted by atomic mass is 16.6. The van der Waals surface area contributed by atoms with Crippen LogP contribution in [0.15, 0.2) is 0 Å². The first-order valence-electron chi connectivity index (χ1n) is 6.39. The first kappa shape index (κ1) is 15.3. The highest BCUT2D eigenvalue weighted by molar-refractivity contribution is 5.68. The van der Waals surface area contributed by atoms with Crippen LogP contribution in [0.4, 0.5) is 4.79 Å². The topological polar surface area (TPSA) is 65.4 Å². The summed E-state index contributed by atoms with van der Waals surface area (Å²) in [6.07, 6.45) is 6.27. The minimum Gasteiger partial charge on any atom is -0.444 e. The van der Waals surface area contributed by atoms with Crippen molar-refractivity contribution in [2.24, 2.45) is 0 Å². The second kappa shape index (κ2) is 5.95. The van der Waals surface area contributed by atoms with Gasteiger partial charge in [-0.3, -0.25) is 5.32 Å². The second-order valence-corrected chi connectivity index (χ2v) is 5.76. The van der Waals surface area contributed by atoms with Gasteiger partial charge in [-0.05, 0) is 33.6 Å². The fraction of sp³-hybridized carbons (Fsp3) is 0.714. The van der Waals surface area contributed by atoms with E-state index in [-0.39, 0.29) is 6.09 Å². The van der Waals surface area contributed by atoms with Crippen molar-refractivity contribution in [1.29, 1.82) is 5.26 Å². The highest BCUT2D eigenvalue weighted by Crippen LogP contribution is 2.22. The summed E-state index contributed by atoms with van der Waals surface area (Å²) in [6.45, 7) is 6.70. The summed E-state index contributed by atoms with van der Waals surface area (Å²) in [6, 6.07) is 2.24. The Morgan fingerprint density at radius 1 is 1.58 bits per heavy atom. The number of ether oxygens (including phenoxy) is 1. The van der Waals surface area contributed by atoms with Crippen molar-refractivity contribution in [2.75, 3.05) is 19.6 Å². The van der Waals surface area contributed by atoms with Gasteiger partial charge in [0, 0.05) is 6.54 Å². The number of piperidine rings is 1. The van der Waals surface area contributed by atoms with Gasteiger partial charge in [0.1, 0.15) is 11.1 Å². The maximum absolute atomic E-state index is 12.0. The van der Waals surface area contributed by atoms with E-state index in [1.807, 2.05) is 20.8 Å². The van der Waals surface area contributed by atoms with Crippen molar-refractivity contribution in [2.45, 2.75) is 44.8 Å². The molecule has 1 aliphatic rings. The first-order valence-corrected chi connectivity index (χ1v) is 6.39. The van der Waals surface area contributed by atoms with Gasteiger partial charge in [0.25, 0.3) is 0 Å². The standard InChI is InChI=1S/C14H21N3O2/c1-5-8-16-14(10-15)7-6-9-17(11-14)12(18)19-13(2,3)4/h1,16H,6-9,11H2,2-4H3. The normalized spacial score (nSPS) is 23.3. The second-order valence-electron chi connectivity index (χ2n) is 5.76. The average molecular weight is 263 g/mol. The van der Waals surface area contributed by atoms with Crippen molar-refractivity contribution < 1.29 is 9.53 Å². The lowest BCUT2D eigenvalue weighted by Gasteiger charge is -2.39. The smallest absolute Gasteiger partial charge is 0.410 e. The van der Waals surface area contributed by atoms with Crippen molar-refractivity contribution in [3.05, 3.63) is 0 Å². The van der Waals surface area contributed by atoms with Crippen LogP contribution in [0, 0.1) is 23.7 Å². The molecule has 1 saturated heterocycles. The summed E-state index contributed by atoms with van der Waals surface area (Å²) < 4.78 is 5.33. The molecule has 1 rings (SSSR count). The number of rotatable bonds is 2. The van der Waals surface area contributed by atoms with E-state index in [0.29, 0.717) is 26.1 Å². The molecular formula is C14H21N3O2. The van der Waals surface area contributed by atoms with Gasteiger partial charge in [-0.1, -0.05) is 5.92 Å². The summed E-state index contributed by atoms with van der Waals surface area (Å²) in [7, 11) is 0. The molecule has 1 aliphatic heterocycles.